The number of carbonyl (C=O) groups excluding carboxylic acids is 1. The zero-order valence-corrected chi connectivity index (χ0v) is 51.1. The molecule has 3 N–H and O–H groups in total. The van der Waals surface area contributed by atoms with E-state index in [-0.39, 0.29) is 12.5 Å². The monoisotopic (exact) mass is 1050 g/mol. The molecule has 0 saturated heterocycles. The van der Waals surface area contributed by atoms with Crippen LogP contribution in [0.15, 0.2) is 48.6 Å². The first kappa shape index (κ1) is 73.3. The van der Waals surface area contributed by atoms with Crippen molar-refractivity contribution in [1.82, 2.24) is 5.32 Å². The fourth-order valence-electron chi connectivity index (χ4n) is 10.8. The Bertz CT molecular complexity index is 1190. The Hall–Kier alpha value is -1.65. The summed E-state index contributed by atoms with van der Waals surface area (Å²) < 4.78 is 0. The first-order chi connectivity index (χ1) is 37.2. The SMILES string of the molecule is CCCCCCC/C=C\C/C=C\C/C=C\CCCCCCCCCCCCCCCCCCCCCCCCC(=O)NC(CO)C(O)/C=C/CCCCCCCCCCCCCCCCCCCCCCCCCC. The smallest absolute Gasteiger partial charge is 0.220 e. The van der Waals surface area contributed by atoms with Gasteiger partial charge in [-0.05, 0) is 57.8 Å². The van der Waals surface area contributed by atoms with Gasteiger partial charge in [0.2, 0.25) is 5.91 Å². The maximum Gasteiger partial charge on any atom is 0.220 e. The highest BCUT2D eigenvalue weighted by Gasteiger charge is 2.18. The summed E-state index contributed by atoms with van der Waals surface area (Å²) in [4.78, 5) is 12.5. The zero-order valence-electron chi connectivity index (χ0n) is 51.1. The summed E-state index contributed by atoms with van der Waals surface area (Å²) in [5.41, 5.74) is 0. The molecule has 0 spiro atoms. The van der Waals surface area contributed by atoms with Gasteiger partial charge in [-0.2, -0.15) is 0 Å². The van der Waals surface area contributed by atoms with Crippen LogP contribution in [-0.2, 0) is 4.79 Å². The second-order valence-electron chi connectivity index (χ2n) is 23.6. The number of aliphatic hydroxyl groups excluding tert-OH is 2. The van der Waals surface area contributed by atoms with Crippen molar-refractivity contribution < 1.29 is 15.0 Å². The van der Waals surface area contributed by atoms with Gasteiger partial charge in [0, 0.05) is 6.42 Å². The Morgan fingerprint density at radius 1 is 0.320 bits per heavy atom. The standard InChI is InChI=1S/C71H135NO3/c1-3-5-7-9-11-13-15-17-19-21-23-25-27-29-31-32-33-34-35-36-37-38-39-40-41-43-45-47-49-51-53-55-57-59-61-63-65-67-71(75)72-69(68-73)70(74)66-64-62-60-58-56-54-52-50-48-46-44-42-30-28-26-24-22-20-18-16-14-12-10-8-6-4-2/h15,17,21,23,27,29,64,66,69-70,73-74H,3-14,16,18-20,22,24-26,28,30-63,65,67-68H2,1-2H3,(H,72,75)/b17-15-,23-21-,29-27-,66-64+. The van der Waals surface area contributed by atoms with Crippen LogP contribution in [0, 0.1) is 0 Å². The van der Waals surface area contributed by atoms with Crippen LogP contribution in [0.25, 0.3) is 0 Å². The fourth-order valence-corrected chi connectivity index (χ4v) is 10.8. The minimum atomic E-state index is -0.840. The topological polar surface area (TPSA) is 69.6 Å². The summed E-state index contributed by atoms with van der Waals surface area (Å²) in [7, 11) is 0. The van der Waals surface area contributed by atoms with Crippen molar-refractivity contribution in [2.24, 2.45) is 0 Å². The molecule has 0 bridgehead atoms. The lowest BCUT2D eigenvalue weighted by Gasteiger charge is -2.20. The van der Waals surface area contributed by atoms with E-state index in [1.807, 2.05) is 6.08 Å². The Kier molecular flexibility index (Phi) is 65.2. The second-order valence-corrected chi connectivity index (χ2v) is 23.6. The quantitative estimate of drug-likeness (QED) is 0.0420. The van der Waals surface area contributed by atoms with Crippen molar-refractivity contribution >= 4 is 5.91 Å². The second kappa shape index (κ2) is 66.6. The van der Waals surface area contributed by atoms with Gasteiger partial charge in [0.1, 0.15) is 0 Å². The van der Waals surface area contributed by atoms with Gasteiger partial charge in [-0.3, -0.25) is 4.79 Å². The number of aliphatic hydroxyl groups is 2. The average molecular weight is 1050 g/mol. The van der Waals surface area contributed by atoms with Crippen molar-refractivity contribution in [3.63, 3.8) is 0 Å². The van der Waals surface area contributed by atoms with E-state index >= 15 is 0 Å². The number of carbonyl (C=O) groups is 1. The Morgan fingerprint density at radius 2 is 0.547 bits per heavy atom. The predicted octanol–water partition coefficient (Wildman–Crippen LogP) is 23.3. The maximum atomic E-state index is 12.5. The van der Waals surface area contributed by atoms with Gasteiger partial charge in [0.05, 0.1) is 18.8 Å². The highest BCUT2D eigenvalue weighted by atomic mass is 16.3. The number of hydrogen-bond acceptors (Lipinski definition) is 3. The average Bonchev–Trinajstić information content (AvgIpc) is 3.41. The first-order valence-corrected chi connectivity index (χ1v) is 34.4. The van der Waals surface area contributed by atoms with Crippen LogP contribution in [0.5, 0.6) is 0 Å². The summed E-state index contributed by atoms with van der Waals surface area (Å²) in [6.07, 6.45) is 93.3. The van der Waals surface area contributed by atoms with Crippen molar-refractivity contribution in [2.75, 3.05) is 6.61 Å². The third-order valence-corrected chi connectivity index (χ3v) is 16.1. The highest BCUT2D eigenvalue weighted by molar-refractivity contribution is 5.76. The van der Waals surface area contributed by atoms with Crippen molar-refractivity contribution in [3.8, 4) is 0 Å². The molecule has 0 saturated carbocycles. The maximum absolute atomic E-state index is 12.5. The van der Waals surface area contributed by atoms with Crippen LogP contribution in [0.1, 0.15) is 380 Å². The number of rotatable bonds is 64. The van der Waals surface area contributed by atoms with Crippen molar-refractivity contribution in [2.45, 2.75) is 392 Å². The molecule has 1 amide bonds. The van der Waals surface area contributed by atoms with Gasteiger partial charge in [-0.1, -0.05) is 364 Å². The zero-order chi connectivity index (χ0) is 54.1. The Balaban J connectivity index is 3.42. The van der Waals surface area contributed by atoms with E-state index in [0.717, 1.165) is 38.5 Å². The van der Waals surface area contributed by atoms with Gasteiger partial charge in [-0.15, -0.1) is 0 Å². The van der Waals surface area contributed by atoms with Gasteiger partial charge in [0.25, 0.3) is 0 Å². The molecule has 0 fully saturated rings. The number of nitrogens with one attached hydrogen (secondary N) is 1. The number of unbranched alkanes of at least 4 members (excludes halogenated alkanes) is 51. The van der Waals surface area contributed by atoms with Crippen molar-refractivity contribution in [3.05, 3.63) is 48.6 Å². The van der Waals surface area contributed by atoms with E-state index in [4.69, 9.17) is 0 Å². The van der Waals surface area contributed by atoms with E-state index in [2.05, 4.69) is 55.6 Å². The molecule has 2 unspecified atom stereocenters. The van der Waals surface area contributed by atoms with E-state index < -0.39 is 12.1 Å². The van der Waals surface area contributed by atoms with E-state index in [1.165, 1.54) is 321 Å². The molecular weight excluding hydrogens is 915 g/mol. The molecule has 0 aliphatic carbocycles. The summed E-state index contributed by atoms with van der Waals surface area (Å²) >= 11 is 0. The predicted molar refractivity (Wildman–Crippen MR) is 336 cm³/mol. The van der Waals surface area contributed by atoms with E-state index in [0.29, 0.717) is 6.42 Å². The molecule has 0 rings (SSSR count). The molecule has 0 aliphatic rings. The molecule has 442 valence electrons. The van der Waals surface area contributed by atoms with Gasteiger partial charge >= 0.3 is 0 Å². The van der Waals surface area contributed by atoms with Gasteiger partial charge in [-0.25, -0.2) is 0 Å². The van der Waals surface area contributed by atoms with Crippen LogP contribution >= 0.6 is 0 Å². The number of allylic oxidation sites excluding steroid dienone is 7. The van der Waals surface area contributed by atoms with Crippen LogP contribution in [0.3, 0.4) is 0 Å². The molecule has 0 aromatic rings. The normalized spacial score (nSPS) is 13.0. The molecule has 0 aromatic heterocycles. The van der Waals surface area contributed by atoms with Gasteiger partial charge < -0.3 is 15.5 Å². The largest absolute Gasteiger partial charge is 0.394 e. The highest BCUT2D eigenvalue weighted by Crippen LogP contribution is 2.19. The summed E-state index contributed by atoms with van der Waals surface area (Å²) in [6, 6.07) is -0.623. The summed E-state index contributed by atoms with van der Waals surface area (Å²) in [5.74, 6) is -0.0565. The molecule has 0 aromatic carbocycles. The lowest BCUT2D eigenvalue weighted by Crippen LogP contribution is -2.45. The molecule has 4 nitrogen and oxygen atoms in total. The molecule has 0 aliphatic heterocycles. The molecule has 4 heteroatoms. The number of amides is 1. The minimum Gasteiger partial charge on any atom is -0.394 e. The van der Waals surface area contributed by atoms with Crippen LogP contribution < -0.4 is 5.32 Å². The lowest BCUT2D eigenvalue weighted by molar-refractivity contribution is -0.123. The molecule has 0 radical (unpaired) electrons. The third-order valence-electron chi connectivity index (χ3n) is 16.1. The van der Waals surface area contributed by atoms with Crippen LogP contribution in [-0.4, -0.2) is 34.9 Å². The molecule has 2 atom stereocenters. The first-order valence-electron chi connectivity index (χ1n) is 34.4. The lowest BCUT2D eigenvalue weighted by atomic mass is 10.0. The van der Waals surface area contributed by atoms with Crippen LogP contribution in [0.2, 0.25) is 0 Å². The Morgan fingerprint density at radius 3 is 0.813 bits per heavy atom. The fraction of sp³-hybridized carbons (Fsp3) is 0.873. The van der Waals surface area contributed by atoms with Gasteiger partial charge in [0.15, 0.2) is 0 Å². The van der Waals surface area contributed by atoms with E-state index in [9.17, 15) is 15.0 Å². The molecular formula is C71H135NO3. The van der Waals surface area contributed by atoms with E-state index in [1.54, 1.807) is 6.08 Å². The van der Waals surface area contributed by atoms with Crippen LogP contribution in [0.4, 0.5) is 0 Å². The van der Waals surface area contributed by atoms with Crippen molar-refractivity contribution in [1.29, 1.82) is 0 Å². The number of hydrogen-bond donors (Lipinski definition) is 3. The third kappa shape index (κ3) is 63.1. The Labute approximate surface area is 471 Å². The minimum absolute atomic E-state index is 0.0565. The summed E-state index contributed by atoms with van der Waals surface area (Å²) in [5, 5.41) is 23.3. The molecule has 0 heterocycles. The molecule has 75 heavy (non-hydrogen) atoms. The summed E-state index contributed by atoms with van der Waals surface area (Å²) in [6.45, 7) is 4.34.